The zero-order valence-electron chi connectivity index (χ0n) is 16.6. The van der Waals surface area contributed by atoms with Gasteiger partial charge in [-0.05, 0) is 42.5 Å². The van der Waals surface area contributed by atoms with Gasteiger partial charge in [0.05, 0.1) is 21.1 Å². The maximum absolute atomic E-state index is 12.7. The number of para-hydroxylation sites is 3. The molecular weight excluding hydrogens is 454 g/mol. The zero-order chi connectivity index (χ0) is 22.7. The van der Waals surface area contributed by atoms with Crippen molar-refractivity contribution in [1.29, 1.82) is 0 Å². The van der Waals surface area contributed by atoms with Crippen molar-refractivity contribution in [3.63, 3.8) is 0 Å². The molecule has 1 aromatic heterocycles. The molecule has 0 aliphatic rings. The second kappa shape index (κ2) is 8.89. The number of sulfonamides is 1. The Balaban J connectivity index is 1.45. The fourth-order valence-electron chi connectivity index (χ4n) is 3.15. The molecule has 32 heavy (non-hydrogen) atoms. The quantitative estimate of drug-likeness (QED) is 0.422. The lowest BCUT2D eigenvalue weighted by atomic mass is 10.3. The first-order chi connectivity index (χ1) is 15.3. The zero-order valence-corrected chi connectivity index (χ0v) is 18.2. The molecule has 0 spiro atoms. The second-order valence-electron chi connectivity index (χ2n) is 6.90. The number of hydrogen-bond donors (Lipinski definition) is 2. The molecule has 0 saturated carbocycles. The number of aromatic nitrogens is 1. The third-order valence-corrected chi connectivity index (χ3v) is 6.38. The van der Waals surface area contributed by atoms with Gasteiger partial charge in [0.2, 0.25) is 5.91 Å². The summed E-state index contributed by atoms with van der Waals surface area (Å²) in [6.07, 6.45) is -0.00170. The monoisotopic (exact) mass is 471 g/mol. The Bertz CT molecular complexity index is 1460. The van der Waals surface area contributed by atoms with Crippen LogP contribution in [0.2, 0.25) is 5.02 Å². The van der Waals surface area contributed by atoms with Gasteiger partial charge < -0.3 is 9.73 Å². The van der Waals surface area contributed by atoms with Crippen molar-refractivity contribution in [2.24, 2.45) is 0 Å². The van der Waals surface area contributed by atoms with E-state index in [-0.39, 0.29) is 34.5 Å². The fraction of sp³-hybridized carbons (Fsp3) is 0.0909. The van der Waals surface area contributed by atoms with Gasteiger partial charge in [-0.3, -0.25) is 14.1 Å². The average molecular weight is 472 g/mol. The summed E-state index contributed by atoms with van der Waals surface area (Å²) in [6.45, 7) is 0.119. The van der Waals surface area contributed by atoms with E-state index in [0.29, 0.717) is 16.8 Å². The second-order valence-corrected chi connectivity index (χ2v) is 8.99. The van der Waals surface area contributed by atoms with Crippen molar-refractivity contribution >= 4 is 50.0 Å². The molecular formula is C22H18ClN3O5S. The van der Waals surface area contributed by atoms with Crippen molar-refractivity contribution in [2.45, 2.75) is 17.9 Å². The average Bonchev–Trinajstić information content (AvgIpc) is 3.09. The smallest absolute Gasteiger partial charge is 0.408 e. The highest BCUT2D eigenvalue weighted by Gasteiger charge is 2.17. The molecule has 0 saturated heterocycles. The summed E-state index contributed by atoms with van der Waals surface area (Å²) in [4.78, 5) is 24.4. The van der Waals surface area contributed by atoms with Gasteiger partial charge in [-0.2, -0.15) is 0 Å². The standard InChI is InChI=1S/C22H18ClN3O5S/c23-17-8-1-2-9-18(17)25-32(29,30)16-7-5-6-15(14-16)24-21(27)12-13-26-19-10-3-4-11-20(19)31-22(26)28/h1-11,14,25H,12-13H2,(H,24,27). The Morgan fingerprint density at radius 3 is 2.56 bits per heavy atom. The van der Waals surface area contributed by atoms with Gasteiger partial charge in [-0.15, -0.1) is 0 Å². The van der Waals surface area contributed by atoms with E-state index in [9.17, 15) is 18.0 Å². The van der Waals surface area contributed by atoms with E-state index in [1.807, 2.05) is 0 Å². The van der Waals surface area contributed by atoms with Crippen molar-refractivity contribution in [3.8, 4) is 0 Å². The molecule has 1 amide bonds. The van der Waals surface area contributed by atoms with Crippen LogP contribution in [0.15, 0.2) is 86.9 Å². The molecule has 3 aromatic carbocycles. The third-order valence-electron chi connectivity index (χ3n) is 4.68. The Morgan fingerprint density at radius 2 is 1.75 bits per heavy atom. The first-order valence-electron chi connectivity index (χ1n) is 9.59. The molecule has 0 aliphatic carbocycles. The van der Waals surface area contributed by atoms with E-state index >= 15 is 0 Å². The number of nitrogens with zero attached hydrogens (tertiary/aromatic N) is 1. The van der Waals surface area contributed by atoms with E-state index < -0.39 is 15.8 Å². The Morgan fingerprint density at radius 1 is 1.00 bits per heavy atom. The van der Waals surface area contributed by atoms with Gasteiger partial charge in [0, 0.05) is 18.7 Å². The number of halogens is 1. The number of anilines is 2. The highest BCUT2D eigenvalue weighted by molar-refractivity contribution is 7.92. The Labute approximate surface area is 188 Å². The first-order valence-corrected chi connectivity index (χ1v) is 11.5. The largest absolute Gasteiger partial charge is 0.419 e. The summed E-state index contributed by atoms with van der Waals surface area (Å²) >= 11 is 6.03. The van der Waals surface area contributed by atoms with E-state index in [1.54, 1.807) is 54.6 Å². The molecule has 0 bridgehead atoms. The number of amides is 1. The number of nitrogens with one attached hydrogen (secondary N) is 2. The normalized spacial score (nSPS) is 11.4. The van der Waals surface area contributed by atoms with Crippen LogP contribution in [0.4, 0.5) is 11.4 Å². The van der Waals surface area contributed by atoms with Gasteiger partial charge in [0.15, 0.2) is 5.58 Å². The minimum absolute atomic E-state index is 0.00170. The van der Waals surface area contributed by atoms with Crippen molar-refractivity contribution < 1.29 is 17.6 Å². The molecule has 0 fully saturated rings. The Hall–Kier alpha value is -3.56. The molecule has 0 unspecified atom stereocenters. The lowest BCUT2D eigenvalue weighted by Gasteiger charge is -2.11. The predicted molar refractivity (Wildman–Crippen MR) is 122 cm³/mol. The van der Waals surface area contributed by atoms with Crippen molar-refractivity contribution in [1.82, 2.24) is 4.57 Å². The molecule has 8 nitrogen and oxygen atoms in total. The molecule has 0 aliphatic heterocycles. The molecule has 10 heteroatoms. The summed E-state index contributed by atoms with van der Waals surface area (Å²) in [5.41, 5.74) is 1.61. The van der Waals surface area contributed by atoms with E-state index in [4.69, 9.17) is 16.0 Å². The van der Waals surface area contributed by atoms with Crippen LogP contribution in [0.5, 0.6) is 0 Å². The van der Waals surface area contributed by atoms with Gasteiger partial charge in [-0.1, -0.05) is 41.9 Å². The summed E-state index contributed by atoms with van der Waals surface area (Å²) < 4.78 is 34.4. The summed E-state index contributed by atoms with van der Waals surface area (Å²) in [5.74, 6) is -0.923. The fourth-order valence-corrected chi connectivity index (χ4v) is 4.52. The van der Waals surface area contributed by atoms with Crippen LogP contribution < -0.4 is 15.8 Å². The van der Waals surface area contributed by atoms with Gasteiger partial charge in [0.1, 0.15) is 0 Å². The van der Waals surface area contributed by atoms with Crippen LogP contribution in [-0.2, 0) is 21.4 Å². The number of hydrogen-bond acceptors (Lipinski definition) is 5. The van der Waals surface area contributed by atoms with Crippen LogP contribution in [0, 0.1) is 0 Å². The van der Waals surface area contributed by atoms with Crippen LogP contribution in [0.1, 0.15) is 6.42 Å². The van der Waals surface area contributed by atoms with Crippen LogP contribution in [-0.4, -0.2) is 18.9 Å². The number of oxazole rings is 1. The van der Waals surface area contributed by atoms with Crippen LogP contribution >= 0.6 is 11.6 Å². The van der Waals surface area contributed by atoms with Crippen molar-refractivity contribution in [2.75, 3.05) is 10.0 Å². The minimum atomic E-state index is -3.92. The SMILES string of the molecule is O=C(CCn1c(=O)oc2ccccc21)Nc1cccc(S(=O)(=O)Nc2ccccc2Cl)c1. The number of rotatable bonds is 7. The van der Waals surface area contributed by atoms with Gasteiger partial charge in [0.25, 0.3) is 10.0 Å². The molecule has 0 radical (unpaired) electrons. The van der Waals surface area contributed by atoms with Crippen LogP contribution in [0.25, 0.3) is 11.1 Å². The molecule has 4 aromatic rings. The maximum Gasteiger partial charge on any atom is 0.419 e. The minimum Gasteiger partial charge on any atom is -0.408 e. The molecule has 0 atom stereocenters. The number of aryl methyl sites for hydroxylation is 1. The van der Waals surface area contributed by atoms with E-state index in [0.717, 1.165) is 0 Å². The number of benzene rings is 3. The number of carbonyl (C=O) groups excluding carboxylic acids is 1. The highest BCUT2D eigenvalue weighted by atomic mass is 35.5. The Kier molecular flexibility index (Phi) is 6.02. The number of carbonyl (C=O) groups is 1. The lowest BCUT2D eigenvalue weighted by molar-refractivity contribution is -0.116. The van der Waals surface area contributed by atoms with Crippen molar-refractivity contribution in [3.05, 3.63) is 88.4 Å². The molecule has 2 N–H and O–H groups in total. The summed E-state index contributed by atoms with van der Waals surface area (Å²) in [5, 5.41) is 2.92. The van der Waals surface area contributed by atoms with Gasteiger partial charge in [-0.25, -0.2) is 13.2 Å². The molecule has 4 rings (SSSR count). The summed E-state index contributed by atoms with van der Waals surface area (Å²) in [6, 6.07) is 19.3. The number of fused-ring (bicyclic) bond motifs is 1. The highest BCUT2D eigenvalue weighted by Crippen LogP contribution is 2.25. The van der Waals surface area contributed by atoms with Gasteiger partial charge >= 0.3 is 5.76 Å². The molecule has 164 valence electrons. The van der Waals surface area contributed by atoms with E-state index in [1.165, 1.54) is 22.8 Å². The topological polar surface area (TPSA) is 110 Å². The maximum atomic E-state index is 12.7. The third kappa shape index (κ3) is 4.68. The van der Waals surface area contributed by atoms with E-state index in [2.05, 4.69) is 10.0 Å². The summed E-state index contributed by atoms with van der Waals surface area (Å²) in [7, 11) is -3.92. The predicted octanol–water partition coefficient (Wildman–Crippen LogP) is 4.08. The lowest BCUT2D eigenvalue weighted by Crippen LogP contribution is -2.20. The molecule has 1 heterocycles. The first kappa shape index (κ1) is 21.7. The van der Waals surface area contributed by atoms with Crippen LogP contribution in [0.3, 0.4) is 0 Å².